The van der Waals surface area contributed by atoms with Crippen molar-refractivity contribution in [3.8, 4) is 0 Å². The number of nitrogens with zero attached hydrogens (tertiary/aromatic N) is 2. The number of rotatable bonds is 2. The van der Waals surface area contributed by atoms with E-state index in [-0.39, 0.29) is 18.4 Å². The maximum Gasteiger partial charge on any atom is 0.253 e. The number of para-hydroxylation sites is 1. The molecule has 2 aromatic carbocycles. The minimum Gasteiger partial charge on any atom is -0.361 e. The molecule has 1 atom stereocenters. The Morgan fingerprint density at radius 2 is 1.89 bits per heavy atom. The van der Waals surface area contributed by atoms with Crippen molar-refractivity contribution in [2.45, 2.75) is 25.4 Å². The Bertz CT molecular complexity index is 852. The van der Waals surface area contributed by atoms with Crippen LogP contribution < -0.4 is 4.90 Å². The van der Waals surface area contributed by atoms with E-state index in [4.69, 9.17) is 4.74 Å². The van der Waals surface area contributed by atoms with E-state index in [9.17, 15) is 9.59 Å². The molecule has 2 heterocycles. The van der Waals surface area contributed by atoms with Crippen LogP contribution in [0.1, 0.15) is 28.8 Å². The number of hydrogen-bond acceptors (Lipinski definition) is 3. The molecule has 2 aliphatic rings. The van der Waals surface area contributed by atoms with E-state index in [0.717, 1.165) is 30.6 Å². The van der Waals surface area contributed by atoms with Gasteiger partial charge in [-0.3, -0.25) is 9.59 Å². The molecule has 1 unspecified atom stereocenters. The lowest BCUT2D eigenvalue weighted by atomic mass is 9.90. The number of anilines is 1. The highest BCUT2D eigenvalue weighted by Crippen LogP contribution is 2.32. The summed E-state index contributed by atoms with van der Waals surface area (Å²) < 4.78 is 6.03. The lowest BCUT2D eigenvalue weighted by Crippen LogP contribution is -2.62. The molecule has 2 amide bonds. The summed E-state index contributed by atoms with van der Waals surface area (Å²) in [6.45, 7) is 3.75. The number of ether oxygens (including phenoxy) is 1. The Morgan fingerprint density at radius 1 is 1.07 bits per heavy atom. The fraction of sp³-hybridized carbons (Fsp3) is 0.364. The lowest BCUT2D eigenvalue weighted by molar-refractivity contribution is -0.144. The van der Waals surface area contributed by atoms with Crippen LogP contribution in [-0.4, -0.2) is 48.6 Å². The van der Waals surface area contributed by atoms with Crippen molar-refractivity contribution in [3.63, 3.8) is 0 Å². The first-order valence-electron chi connectivity index (χ1n) is 9.42. The zero-order chi connectivity index (χ0) is 18.9. The summed E-state index contributed by atoms with van der Waals surface area (Å²) in [5.41, 5.74) is 2.16. The van der Waals surface area contributed by atoms with Gasteiger partial charge in [-0.1, -0.05) is 35.9 Å². The Morgan fingerprint density at radius 3 is 2.67 bits per heavy atom. The predicted octanol–water partition coefficient (Wildman–Crippen LogP) is 3.03. The highest BCUT2D eigenvalue weighted by molar-refractivity contribution is 5.96. The first kappa shape index (κ1) is 17.7. The zero-order valence-corrected chi connectivity index (χ0v) is 15.6. The molecule has 1 spiro atoms. The van der Waals surface area contributed by atoms with Crippen LogP contribution >= 0.6 is 0 Å². The molecular weight excluding hydrogens is 340 g/mol. The highest BCUT2D eigenvalue weighted by Gasteiger charge is 2.44. The Labute approximate surface area is 159 Å². The maximum atomic E-state index is 13.0. The number of piperidine rings is 1. The van der Waals surface area contributed by atoms with Crippen molar-refractivity contribution in [2.75, 3.05) is 31.1 Å². The van der Waals surface area contributed by atoms with Gasteiger partial charge < -0.3 is 14.5 Å². The number of benzene rings is 2. The van der Waals surface area contributed by atoms with Crippen molar-refractivity contribution < 1.29 is 14.3 Å². The van der Waals surface area contributed by atoms with E-state index in [1.54, 1.807) is 4.90 Å². The fourth-order valence-corrected chi connectivity index (χ4v) is 4.04. The molecule has 0 radical (unpaired) electrons. The van der Waals surface area contributed by atoms with Gasteiger partial charge in [-0.05, 0) is 44.0 Å². The summed E-state index contributed by atoms with van der Waals surface area (Å²) in [6.07, 6.45) is 1.72. The van der Waals surface area contributed by atoms with Gasteiger partial charge in [-0.2, -0.15) is 0 Å². The molecule has 27 heavy (non-hydrogen) atoms. The van der Waals surface area contributed by atoms with Gasteiger partial charge in [0.25, 0.3) is 11.8 Å². The number of carbonyl (C=O) groups excluding carboxylic acids is 2. The Balaban J connectivity index is 1.54. The third-order valence-corrected chi connectivity index (χ3v) is 5.41. The normalized spacial score (nSPS) is 22.9. The van der Waals surface area contributed by atoms with Gasteiger partial charge in [0.05, 0.1) is 13.1 Å². The van der Waals surface area contributed by atoms with Crippen molar-refractivity contribution in [2.24, 2.45) is 0 Å². The molecule has 0 saturated carbocycles. The van der Waals surface area contributed by atoms with E-state index in [0.29, 0.717) is 18.7 Å². The Kier molecular flexibility index (Phi) is 4.70. The van der Waals surface area contributed by atoms with Crippen LogP contribution in [0.2, 0.25) is 0 Å². The van der Waals surface area contributed by atoms with E-state index in [1.165, 1.54) is 0 Å². The number of morpholine rings is 1. The molecular formula is C22H24N2O3. The fourth-order valence-electron chi connectivity index (χ4n) is 4.04. The monoisotopic (exact) mass is 364 g/mol. The zero-order valence-electron chi connectivity index (χ0n) is 15.6. The summed E-state index contributed by atoms with van der Waals surface area (Å²) in [5, 5.41) is 0. The molecule has 2 aliphatic heterocycles. The minimum atomic E-state index is -0.499. The molecule has 2 fully saturated rings. The summed E-state index contributed by atoms with van der Waals surface area (Å²) in [6, 6.07) is 17.4. The van der Waals surface area contributed by atoms with E-state index < -0.39 is 5.60 Å². The quantitative estimate of drug-likeness (QED) is 0.823. The largest absolute Gasteiger partial charge is 0.361 e. The number of aryl methyl sites for hydroxylation is 1. The van der Waals surface area contributed by atoms with Crippen LogP contribution in [0.4, 0.5) is 5.69 Å². The van der Waals surface area contributed by atoms with E-state index in [1.807, 2.05) is 66.4 Å². The second-order valence-electron chi connectivity index (χ2n) is 7.49. The summed E-state index contributed by atoms with van der Waals surface area (Å²) >= 11 is 0. The molecule has 140 valence electrons. The summed E-state index contributed by atoms with van der Waals surface area (Å²) in [4.78, 5) is 29.1. The first-order chi connectivity index (χ1) is 13.1. The molecule has 2 aromatic rings. The number of carbonyl (C=O) groups is 2. The molecule has 0 aromatic heterocycles. The van der Waals surface area contributed by atoms with Crippen LogP contribution in [0, 0.1) is 6.92 Å². The first-order valence-corrected chi connectivity index (χ1v) is 9.42. The van der Waals surface area contributed by atoms with Gasteiger partial charge in [-0.25, -0.2) is 0 Å². The second-order valence-corrected chi connectivity index (χ2v) is 7.49. The summed E-state index contributed by atoms with van der Waals surface area (Å²) in [5.74, 6) is -0.00139. The maximum absolute atomic E-state index is 13.0. The molecule has 0 aliphatic carbocycles. The van der Waals surface area contributed by atoms with Crippen LogP contribution in [0.15, 0.2) is 54.6 Å². The predicted molar refractivity (Wildman–Crippen MR) is 104 cm³/mol. The van der Waals surface area contributed by atoms with Crippen LogP contribution in [0.25, 0.3) is 0 Å². The van der Waals surface area contributed by atoms with E-state index in [2.05, 4.69) is 0 Å². The van der Waals surface area contributed by atoms with Crippen molar-refractivity contribution in [1.82, 2.24) is 4.90 Å². The van der Waals surface area contributed by atoms with E-state index >= 15 is 0 Å². The van der Waals surface area contributed by atoms with Gasteiger partial charge in [-0.15, -0.1) is 0 Å². The second kappa shape index (κ2) is 7.16. The Hall–Kier alpha value is -2.66. The molecule has 2 saturated heterocycles. The number of hydrogen-bond donors (Lipinski definition) is 0. The molecule has 0 bridgehead atoms. The smallest absolute Gasteiger partial charge is 0.253 e. The summed E-state index contributed by atoms with van der Waals surface area (Å²) in [7, 11) is 0. The van der Waals surface area contributed by atoms with Crippen molar-refractivity contribution >= 4 is 17.5 Å². The lowest BCUT2D eigenvalue weighted by Gasteiger charge is -2.47. The standard InChI is InChI=1S/C22H24N2O3/c1-17-7-5-8-18(13-17)21(26)23-12-6-11-22(15-23)16-24(20(25)14-27-22)19-9-3-2-4-10-19/h2-5,7-10,13H,6,11-12,14-16H2,1H3. The average Bonchev–Trinajstić information content (AvgIpc) is 2.70. The van der Waals surface area contributed by atoms with Crippen molar-refractivity contribution in [3.05, 3.63) is 65.7 Å². The molecule has 4 rings (SSSR count). The van der Waals surface area contributed by atoms with Gasteiger partial charge >= 0.3 is 0 Å². The highest BCUT2D eigenvalue weighted by atomic mass is 16.5. The molecule has 5 heteroatoms. The molecule has 0 N–H and O–H groups in total. The topological polar surface area (TPSA) is 49.9 Å². The van der Waals surface area contributed by atoms with Gasteiger partial charge in [0.15, 0.2) is 0 Å². The minimum absolute atomic E-state index is 0.0320. The average molecular weight is 364 g/mol. The third kappa shape index (κ3) is 3.60. The number of likely N-dealkylation sites (tertiary alicyclic amines) is 1. The molecule has 5 nitrogen and oxygen atoms in total. The number of amides is 2. The van der Waals surface area contributed by atoms with Crippen LogP contribution in [0.3, 0.4) is 0 Å². The van der Waals surface area contributed by atoms with Gasteiger partial charge in [0.2, 0.25) is 0 Å². The van der Waals surface area contributed by atoms with Crippen LogP contribution in [-0.2, 0) is 9.53 Å². The van der Waals surface area contributed by atoms with Gasteiger partial charge in [0.1, 0.15) is 12.2 Å². The van der Waals surface area contributed by atoms with Gasteiger partial charge in [0, 0.05) is 17.8 Å². The third-order valence-electron chi connectivity index (χ3n) is 5.41. The van der Waals surface area contributed by atoms with Crippen molar-refractivity contribution in [1.29, 1.82) is 0 Å². The SMILES string of the molecule is Cc1cccc(C(=O)N2CCCC3(C2)CN(c2ccccc2)C(=O)CO3)c1. The van der Waals surface area contributed by atoms with Crippen LogP contribution in [0.5, 0.6) is 0 Å².